The molecule has 1 aromatic rings. The van der Waals surface area contributed by atoms with E-state index >= 15 is 0 Å². The zero-order valence-electron chi connectivity index (χ0n) is 11.9. The maximum absolute atomic E-state index is 11.6. The van der Waals surface area contributed by atoms with E-state index in [2.05, 4.69) is 16.0 Å². The topological polar surface area (TPSA) is 87.3 Å². The Bertz CT molecular complexity index is 540. The van der Waals surface area contributed by atoms with Crippen LogP contribution in [0.3, 0.4) is 0 Å². The molecule has 1 fully saturated rings. The maximum atomic E-state index is 11.6. The van der Waals surface area contributed by atoms with E-state index in [9.17, 15) is 14.4 Å². The highest BCUT2D eigenvalue weighted by Crippen LogP contribution is 2.18. The molecule has 1 heterocycles. The molecule has 1 saturated heterocycles. The molecule has 0 spiro atoms. The quantitative estimate of drug-likeness (QED) is 0.663. The van der Waals surface area contributed by atoms with Gasteiger partial charge in [-0.3, -0.25) is 19.7 Å². The van der Waals surface area contributed by atoms with E-state index in [1.807, 2.05) is 12.1 Å². The number of benzene rings is 1. The van der Waals surface area contributed by atoms with Crippen LogP contribution in [0.25, 0.3) is 0 Å². The smallest absolute Gasteiger partial charge is 0.230 e. The summed E-state index contributed by atoms with van der Waals surface area (Å²) >= 11 is 0. The van der Waals surface area contributed by atoms with Gasteiger partial charge in [0.2, 0.25) is 17.7 Å². The molecule has 3 N–H and O–H groups in total. The first-order valence-corrected chi connectivity index (χ1v) is 6.95. The molecule has 0 aromatic heterocycles. The zero-order valence-corrected chi connectivity index (χ0v) is 11.9. The van der Waals surface area contributed by atoms with Crippen molar-refractivity contribution in [3.63, 3.8) is 0 Å². The van der Waals surface area contributed by atoms with Crippen LogP contribution in [0.1, 0.15) is 18.4 Å². The van der Waals surface area contributed by atoms with Crippen LogP contribution >= 0.6 is 0 Å². The van der Waals surface area contributed by atoms with Crippen LogP contribution in [-0.4, -0.2) is 31.3 Å². The average Bonchev–Trinajstić information content (AvgIpc) is 2.77. The fourth-order valence-electron chi connectivity index (χ4n) is 2.24. The SMILES string of the molecule is CNCCC(=O)Nc1ccc(CC2CC(=O)NC2=O)cc1. The van der Waals surface area contributed by atoms with Crippen LogP contribution < -0.4 is 16.0 Å². The summed E-state index contributed by atoms with van der Waals surface area (Å²) in [5, 5.41) is 8.02. The largest absolute Gasteiger partial charge is 0.326 e. The molecule has 1 aliphatic rings. The Morgan fingerprint density at radius 2 is 2.00 bits per heavy atom. The van der Waals surface area contributed by atoms with Crippen molar-refractivity contribution in [2.75, 3.05) is 18.9 Å². The summed E-state index contributed by atoms with van der Waals surface area (Å²) in [5.74, 6) is -0.741. The monoisotopic (exact) mass is 289 g/mol. The molecule has 2 rings (SSSR count). The molecule has 0 aliphatic carbocycles. The summed E-state index contributed by atoms with van der Waals surface area (Å²) in [5.41, 5.74) is 1.70. The van der Waals surface area contributed by atoms with Gasteiger partial charge in [-0.05, 0) is 31.2 Å². The molecule has 6 heteroatoms. The van der Waals surface area contributed by atoms with E-state index in [0.29, 0.717) is 19.4 Å². The molecule has 0 bridgehead atoms. The van der Waals surface area contributed by atoms with Gasteiger partial charge in [0.1, 0.15) is 0 Å². The molecule has 0 saturated carbocycles. The van der Waals surface area contributed by atoms with Crippen LogP contribution in [0.15, 0.2) is 24.3 Å². The molecule has 0 radical (unpaired) electrons. The maximum Gasteiger partial charge on any atom is 0.230 e. The molecular formula is C15H19N3O3. The van der Waals surface area contributed by atoms with Crippen LogP contribution in [0.2, 0.25) is 0 Å². The first kappa shape index (κ1) is 15.2. The second-order valence-corrected chi connectivity index (χ2v) is 5.12. The molecule has 112 valence electrons. The number of carbonyl (C=O) groups is 3. The van der Waals surface area contributed by atoms with Gasteiger partial charge in [-0.15, -0.1) is 0 Å². The number of hydrogen-bond donors (Lipinski definition) is 3. The summed E-state index contributed by atoms with van der Waals surface area (Å²) in [6.45, 7) is 0.634. The average molecular weight is 289 g/mol. The van der Waals surface area contributed by atoms with Gasteiger partial charge >= 0.3 is 0 Å². The summed E-state index contributed by atoms with van der Waals surface area (Å²) in [6.07, 6.45) is 1.20. The lowest BCUT2D eigenvalue weighted by Crippen LogP contribution is -2.22. The van der Waals surface area contributed by atoms with Crippen LogP contribution in [0.4, 0.5) is 5.69 Å². The van der Waals surface area contributed by atoms with Gasteiger partial charge in [-0.2, -0.15) is 0 Å². The third-order valence-electron chi connectivity index (χ3n) is 3.39. The van der Waals surface area contributed by atoms with E-state index in [1.54, 1.807) is 19.2 Å². The van der Waals surface area contributed by atoms with Crippen molar-refractivity contribution in [1.29, 1.82) is 0 Å². The van der Waals surface area contributed by atoms with E-state index in [4.69, 9.17) is 0 Å². The van der Waals surface area contributed by atoms with Gasteiger partial charge in [0.05, 0.1) is 5.92 Å². The fourth-order valence-corrected chi connectivity index (χ4v) is 2.24. The van der Waals surface area contributed by atoms with Crippen molar-refractivity contribution in [3.05, 3.63) is 29.8 Å². The minimum Gasteiger partial charge on any atom is -0.326 e. The van der Waals surface area contributed by atoms with Crippen LogP contribution in [0.5, 0.6) is 0 Å². The Morgan fingerprint density at radius 1 is 1.29 bits per heavy atom. The summed E-state index contributed by atoms with van der Waals surface area (Å²) < 4.78 is 0. The Labute approximate surface area is 123 Å². The van der Waals surface area contributed by atoms with E-state index < -0.39 is 0 Å². The minimum atomic E-state index is -0.284. The number of rotatable bonds is 6. The van der Waals surface area contributed by atoms with Gasteiger partial charge in [0.25, 0.3) is 0 Å². The van der Waals surface area contributed by atoms with Gasteiger partial charge in [-0.25, -0.2) is 0 Å². The highest BCUT2D eigenvalue weighted by Gasteiger charge is 2.30. The van der Waals surface area contributed by atoms with Crippen molar-refractivity contribution >= 4 is 23.4 Å². The Kier molecular flexibility index (Phi) is 5.05. The number of imide groups is 1. The van der Waals surface area contributed by atoms with Crippen molar-refractivity contribution in [2.24, 2.45) is 5.92 Å². The third kappa shape index (κ3) is 4.39. The number of anilines is 1. The molecule has 1 aliphatic heterocycles. The van der Waals surface area contributed by atoms with Gasteiger partial charge in [-0.1, -0.05) is 12.1 Å². The first-order chi connectivity index (χ1) is 10.1. The van der Waals surface area contributed by atoms with E-state index in [-0.39, 0.29) is 30.1 Å². The van der Waals surface area contributed by atoms with E-state index in [1.165, 1.54) is 0 Å². The lowest BCUT2D eigenvalue weighted by Gasteiger charge is -2.08. The highest BCUT2D eigenvalue weighted by molar-refractivity contribution is 6.03. The minimum absolute atomic E-state index is 0.0436. The van der Waals surface area contributed by atoms with Crippen LogP contribution in [-0.2, 0) is 20.8 Å². The summed E-state index contributed by atoms with van der Waals surface area (Å²) in [4.78, 5) is 34.2. The third-order valence-corrected chi connectivity index (χ3v) is 3.39. The molecule has 21 heavy (non-hydrogen) atoms. The van der Waals surface area contributed by atoms with Gasteiger partial charge < -0.3 is 10.6 Å². The lowest BCUT2D eigenvalue weighted by molar-refractivity contribution is -0.125. The Hall–Kier alpha value is -2.21. The zero-order chi connectivity index (χ0) is 15.2. The standard InChI is InChI=1S/C15H19N3O3/c1-16-7-6-13(19)17-12-4-2-10(3-5-12)8-11-9-14(20)18-15(11)21/h2-5,11,16H,6-9H2,1H3,(H,17,19)(H,18,20,21). The number of carbonyl (C=O) groups excluding carboxylic acids is 3. The van der Waals surface area contributed by atoms with Gasteiger partial charge in [0, 0.05) is 25.1 Å². The van der Waals surface area contributed by atoms with E-state index in [0.717, 1.165) is 11.3 Å². The van der Waals surface area contributed by atoms with Crippen molar-refractivity contribution in [1.82, 2.24) is 10.6 Å². The highest BCUT2D eigenvalue weighted by atomic mass is 16.2. The number of amides is 3. The fraction of sp³-hybridized carbons (Fsp3) is 0.400. The number of hydrogen-bond acceptors (Lipinski definition) is 4. The molecule has 1 aromatic carbocycles. The lowest BCUT2D eigenvalue weighted by atomic mass is 9.98. The van der Waals surface area contributed by atoms with Crippen molar-refractivity contribution in [3.8, 4) is 0 Å². The second kappa shape index (κ2) is 6.99. The normalized spacial score (nSPS) is 17.7. The summed E-state index contributed by atoms with van der Waals surface area (Å²) in [7, 11) is 1.80. The molecule has 6 nitrogen and oxygen atoms in total. The van der Waals surface area contributed by atoms with Crippen LogP contribution in [0, 0.1) is 5.92 Å². The molecule has 3 amide bonds. The predicted octanol–water partition coefficient (Wildman–Crippen LogP) is 0.440. The number of nitrogens with one attached hydrogen (secondary N) is 3. The first-order valence-electron chi connectivity index (χ1n) is 6.95. The molecular weight excluding hydrogens is 270 g/mol. The Balaban J connectivity index is 1.88. The molecule has 1 unspecified atom stereocenters. The van der Waals surface area contributed by atoms with Crippen molar-refractivity contribution in [2.45, 2.75) is 19.3 Å². The molecule has 1 atom stereocenters. The second-order valence-electron chi connectivity index (χ2n) is 5.12. The van der Waals surface area contributed by atoms with Crippen molar-refractivity contribution < 1.29 is 14.4 Å². The Morgan fingerprint density at radius 3 is 2.57 bits per heavy atom. The van der Waals surface area contributed by atoms with Gasteiger partial charge in [0.15, 0.2) is 0 Å². The predicted molar refractivity (Wildman–Crippen MR) is 78.6 cm³/mol. The summed E-state index contributed by atoms with van der Waals surface area (Å²) in [6, 6.07) is 7.34.